The van der Waals surface area contributed by atoms with Crippen molar-refractivity contribution >= 4 is 17.4 Å². The zero-order valence-electron chi connectivity index (χ0n) is 10.4. The summed E-state index contributed by atoms with van der Waals surface area (Å²) in [6, 6.07) is 7.52. The first-order chi connectivity index (χ1) is 8.63. The van der Waals surface area contributed by atoms with Crippen molar-refractivity contribution in [2.24, 2.45) is 0 Å². The zero-order valence-corrected chi connectivity index (χ0v) is 10.4. The van der Waals surface area contributed by atoms with Gasteiger partial charge in [-0.25, -0.2) is 0 Å². The number of para-hydroxylation sites is 1. The second-order valence-electron chi connectivity index (χ2n) is 4.09. The number of hydrogen-bond donors (Lipinski definition) is 1. The third-order valence-corrected chi connectivity index (χ3v) is 2.91. The van der Waals surface area contributed by atoms with E-state index in [9.17, 15) is 9.59 Å². The first-order valence-electron chi connectivity index (χ1n) is 5.89. The smallest absolute Gasteiger partial charge is 0.254 e. The van der Waals surface area contributed by atoms with Gasteiger partial charge in [-0.2, -0.15) is 0 Å². The minimum absolute atomic E-state index is 0.144. The van der Waals surface area contributed by atoms with Crippen molar-refractivity contribution in [2.75, 3.05) is 6.61 Å². The van der Waals surface area contributed by atoms with Crippen molar-refractivity contribution in [1.82, 2.24) is 5.32 Å². The normalized spacial score (nSPS) is 17.7. The van der Waals surface area contributed by atoms with Gasteiger partial charge in [0, 0.05) is 11.1 Å². The summed E-state index contributed by atoms with van der Waals surface area (Å²) in [6.45, 7) is 4.31. The van der Waals surface area contributed by atoms with Gasteiger partial charge < -0.3 is 4.74 Å². The summed E-state index contributed by atoms with van der Waals surface area (Å²) in [4.78, 5) is 22.9. The molecule has 2 rings (SSSR count). The van der Waals surface area contributed by atoms with Crippen LogP contribution in [0.4, 0.5) is 0 Å². The van der Waals surface area contributed by atoms with Crippen LogP contribution >= 0.6 is 0 Å². The maximum Gasteiger partial charge on any atom is 0.254 e. The first kappa shape index (κ1) is 12.4. The maximum atomic E-state index is 11.6. The van der Waals surface area contributed by atoms with Crippen LogP contribution in [0.5, 0.6) is 5.75 Å². The van der Waals surface area contributed by atoms with Gasteiger partial charge in [0.05, 0.1) is 13.0 Å². The third kappa shape index (κ3) is 2.27. The Hall–Kier alpha value is -2.10. The predicted octanol–water partition coefficient (Wildman–Crippen LogP) is 1.91. The van der Waals surface area contributed by atoms with Crippen molar-refractivity contribution in [1.29, 1.82) is 0 Å². The largest absolute Gasteiger partial charge is 0.493 e. The fourth-order valence-corrected chi connectivity index (χ4v) is 2.01. The summed E-state index contributed by atoms with van der Waals surface area (Å²) in [7, 11) is 0. The SMILES string of the molecule is CCOc1ccccc1C(C)=C1CC(=O)NC1=O. The van der Waals surface area contributed by atoms with Crippen molar-refractivity contribution in [3.63, 3.8) is 0 Å². The van der Waals surface area contributed by atoms with Gasteiger partial charge in [0.1, 0.15) is 5.75 Å². The Morgan fingerprint density at radius 3 is 2.67 bits per heavy atom. The molecule has 0 spiro atoms. The van der Waals surface area contributed by atoms with E-state index in [1.54, 1.807) is 0 Å². The van der Waals surface area contributed by atoms with Crippen LogP contribution in [0, 0.1) is 0 Å². The number of hydrogen-bond acceptors (Lipinski definition) is 3. The highest BCUT2D eigenvalue weighted by Gasteiger charge is 2.26. The van der Waals surface area contributed by atoms with E-state index < -0.39 is 0 Å². The summed E-state index contributed by atoms with van der Waals surface area (Å²) < 4.78 is 5.53. The average Bonchev–Trinajstić information content (AvgIpc) is 2.69. The molecule has 1 heterocycles. The second-order valence-corrected chi connectivity index (χ2v) is 4.09. The number of benzene rings is 1. The second kappa shape index (κ2) is 5.04. The number of imide groups is 1. The molecule has 1 aliphatic heterocycles. The van der Waals surface area contributed by atoms with E-state index in [4.69, 9.17) is 4.74 Å². The van der Waals surface area contributed by atoms with Crippen LogP contribution in [-0.4, -0.2) is 18.4 Å². The van der Waals surface area contributed by atoms with Crippen LogP contribution in [0.1, 0.15) is 25.8 Å². The van der Waals surface area contributed by atoms with Crippen LogP contribution in [0.2, 0.25) is 0 Å². The quantitative estimate of drug-likeness (QED) is 0.653. The Balaban J connectivity index is 2.45. The fraction of sp³-hybridized carbons (Fsp3) is 0.286. The summed E-state index contributed by atoms with van der Waals surface area (Å²) in [5.74, 6) is 0.184. The molecule has 0 aromatic heterocycles. The van der Waals surface area contributed by atoms with Gasteiger partial charge in [-0.1, -0.05) is 18.2 Å². The predicted molar refractivity (Wildman–Crippen MR) is 68.0 cm³/mol. The number of allylic oxidation sites excluding steroid dienone is 1. The molecule has 94 valence electrons. The van der Waals surface area contributed by atoms with E-state index in [-0.39, 0.29) is 18.2 Å². The standard InChI is InChI=1S/C14H15NO3/c1-3-18-12-7-5-4-6-10(12)9(2)11-8-13(16)15-14(11)17/h4-7H,3,8H2,1-2H3,(H,15,16,17). The topological polar surface area (TPSA) is 55.4 Å². The van der Waals surface area contributed by atoms with Crippen LogP contribution < -0.4 is 10.1 Å². The molecule has 0 unspecified atom stereocenters. The van der Waals surface area contributed by atoms with E-state index in [1.807, 2.05) is 38.1 Å². The minimum Gasteiger partial charge on any atom is -0.493 e. The molecular formula is C14H15NO3. The monoisotopic (exact) mass is 245 g/mol. The van der Waals surface area contributed by atoms with Gasteiger partial charge in [-0.3, -0.25) is 14.9 Å². The highest BCUT2D eigenvalue weighted by atomic mass is 16.5. The molecule has 2 amide bonds. The number of carbonyl (C=O) groups excluding carboxylic acids is 2. The van der Waals surface area contributed by atoms with Gasteiger partial charge in [-0.05, 0) is 25.5 Å². The summed E-state index contributed by atoms with van der Waals surface area (Å²) in [5.41, 5.74) is 2.17. The number of nitrogens with one attached hydrogen (secondary N) is 1. The lowest BCUT2D eigenvalue weighted by atomic mass is 9.99. The molecule has 18 heavy (non-hydrogen) atoms. The molecule has 0 saturated carbocycles. The van der Waals surface area contributed by atoms with Crippen molar-refractivity contribution in [3.05, 3.63) is 35.4 Å². The Morgan fingerprint density at radius 1 is 1.33 bits per heavy atom. The molecular weight excluding hydrogens is 230 g/mol. The van der Waals surface area contributed by atoms with Crippen molar-refractivity contribution in [3.8, 4) is 5.75 Å². The summed E-state index contributed by atoms with van der Waals surface area (Å²) in [6.07, 6.45) is 0.144. The molecule has 0 aliphatic carbocycles. The van der Waals surface area contributed by atoms with E-state index in [0.29, 0.717) is 12.2 Å². The van der Waals surface area contributed by atoms with Crippen LogP contribution in [0.25, 0.3) is 5.57 Å². The number of rotatable bonds is 3. The van der Waals surface area contributed by atoms with Gasteiger partial charge in [0.2, 0.25) is 5.91 Å². The molecule has 0 radical (unpaired) electrons. The van der Waals surface area contributed by atoms with Gasteiger partial charge >= 0.3 is 0 Å². The number of ether oxygens (including phenoxy) is 1. The Bertz CT molecular complexity index is 532. The highest BCUT2D eigenvalue weighted by molar-refractivity contribution is 6.17. The van der Waals surface area contributed by atoms with Gasteiger partial charge in [-0.15, -0.1) is 0 Å². The van der Waals surface area contributed by atoms with Crippen LogP contribution in [0.3, 0.4) is 0 Å². The zero-order chi connectivity index (χ0) is 13.1. The Labute approximate surface area is 106 Å². The van der Waals surface area contributed by atoms with E-state index in [2.05, 4.69) is 5.32 Å². The molecule has 4 nitrogen and oxygen atoms in total. The van der Waals surface area contributed by atoms with Crippen molar-refractivity contribution in [2.45, 2.75) is 20.3 Å². The molecule has 1 aromatic rings. The molecule has 1 aromatic carbocycles. The lowest BCUT2D eigenvalue weighted by Crippen LogP contribution is -2.19. The molecule has 1 N–H and O–H groups in total. The van der Waals surface area contributed by atoms with Crippen LogP contribution in [-0.2, 0) is 9.59 Å². The van der Waals surface area contributed by atoms with Crippen molar-refractivity contribution < 1.29 is 14.3 Å². The Morgan fingerprint density at radius 2 is 2.06 bits per heavy atom. The molecule has 1 fully saturated rings. The Kier molecular flexibility index (Phi) is 3.46. The molecule has 0 bridgehead atoms. The number of carbonyl (C=O) groups is 2. The first-order valence-corrected chi connectivity index (χ1v) is 5.89. The summed E-state index contributed by atoms with van der Waals surface area (Å²) >= 11 is 0. The van der Waals surface area contributed by atoms with Gasteiger partial charge in [0.15, 0.2) is 0 Å². The van der Waals surface area contributed by atoms with Crippen LogP contribution in [0.15, 0.2) is 29.8 Å². The fourth-order valence-electron chi connectivity index (χ4n) is 2.01. The lowest BCUT2D eigenvalue weighted by molar-refractivity contribution is -0.124. The highest BCUT2D eigenvalue weighted by Crippen LogP contribution is 2.30. The molecule has 4 heteroatoms. The molecule has 0 atom stereocenters. The van der Waals surface area contributed by atoms with E-state index in [0.717, 1.165) is 16.9 Å². The van der Waals surface area contributed by atoms with E-state index in [1.165, 1.54) is 0 Å². The maximum absolute atomic E-state index is 11.6. The van der Waals surface area contributed by atoms with Gasteiger partial charge in [0.25, 0.3) is 5.91 Å². The third-order valence-electron chi connectivity index (χ3n) is 2.91. The molecule has 1 aliphatic rings. The van der Waals surface area contributed by atoms with E-state index >= 15 is 0 Å². The summed E-state index contributed by atoms with van der Waals surface area (Å²) in [5, 5.41) is 2.29. The lowest BCUT2D eigenvalue weighted by Gasteiger charge is -2.11. The number of amides is 2. The minimum atomic E-state index is -0.302. The average molecular weight is 245 g/mol. The molecule has 1 saturated heterocycles.